The number of rotatable bonds is 3. The number of aromatic nitrogens is 1. The standard InChI is InChI=1S/C17H20N4/c1-11-6-7-14(9-17(11)21(4)5)20-16-8-12(2)19-13(3)15(16)10-18/h6-9H,1-5H3,(H,19,20). The molecule has 1 aromatic carbocycles. The van der Waals surface area contributed by atoms with Crippen LogP contribution in [0.1, 0.15) is 22.5 Å². The van der Waals surface area contributed by atoms with Crippen molar-refractivity contribution in [2.45, 2.75) is 20.8 Å². The molecule has 1 aromatic heterocycles. The monoisotopic (exact) mass is 280 g/mol. The fraction of sp³-hybridized carbons (Fsp3) is 0.294. The highest BCUT2D eigenvalue weighted by Crippen LogP contribution is 2.27. The Labute approximate surface area is 126 Å². The summed E-state index contributed by atoms with van der Waals surface area (Å²) in [5.41, 5.74) is 6.37. The van der Waals surface area contributed by atoms with E-state index in [2.05, 4.69) is 40.3 Å². The quantitative estimate of drug-likeness (QED) is 0.931. The second-order valence-corrected chi connectivity index (χ2v) is 5.40. The Balaban J connectivity index is 2.44. The van der Waals surface area contributed by atoms with Crippen LogP contribution >= 0.6 is 0 Å². The fourth-order valence-electron chi connectivity index (χ4n) is 2.39. The Bertz CT molecular complexity index is 711. The van der Waals surface area contributed by atoms with Crippen LogP contribution in [0.25, 0.3) is 0 Å². The third-order valence-electron chi connectivity index (χ3n) is 3.41. The van der Waals surface area contributed by atoms with Crippen LogP contribution in [-0.2, 0) is 0 Å². The lowest BCUT2D eigenvalue weighted by Gasteiger charge is -2.18. The van der Waals surface area contributed by atoms with E-state index in [0.29, 0.717) is 5.56 Å². The van der Waals surface area contributed by atoms with Crippen molar-refractivity contribution in [3.63, 3.8) is 0 Å². The van der Waals surface area contributed by atoms with Crippen LogP contribution < -0.4 is 10.2 Å². The summed E-state index contributed by atoms with van der Waals surface area (Å²) < 4.78 is 0. The SMILES string of the molecule is Cc1cc(Nc2ccc(C)c(N(C)C)c2)c(C#N)c(C)n1. The van der Waals surface area contributed by atoms with Gasteiger partial charge in [-0.1, -0.05) is 6.07 Å². The molecule has 2 rings (SSSR count). The largest absolute Gasteiger partial charge is 0.377 e. The second-order valence-electron chi connectivity index (χ2n) is 5.40. The molecule has 21 heavy (non-hydrogen) atoms. The number of hydrogen-bond acceptors (Lipinski definition) is 4. The van der Waals surface area contributed by atoms with Gasteiger partial charge in [0.25, 0.3) is 0 Å². The third kappa shape index (κ3) is 3.14. The number of nitriles is 1. The molecular weight excluding hydrogens is 260 g/mol. The molecular formula is C17H20N4. The molecule has 0 fully saturated rings. The summed E-state index contributed by atoms with van der Waals surface area (Å²) in [4.78, 5) is 6.41. The topological polar surface area (TPSA) is 52.0 Å². The molecule has 2 aromatic rings. The maximum Gasteiger partial charge on any atom is 0.103 e. The zero-order valence-electron chi connectivity index (χ0n) is 13.2. The van der Waals surface area contributed by atoms with Crippen LogP contribution in [0.4, 0.5) is 17.1 Å². The van der Waals surface area contributed by atoms with Gasteiger partial charge in [0.2, 0.25) is 0 Å². The lowest BCUT2D eigenvalue weighted by molar-refractivity contribution is 1.11. The average molecular weight is 280 g/mol. The molecule has 1 N–H and O–H groups in total. The van der Waals surface area contributed by atoms with Crippen LogP contribution in [0.15, 0.2) is 24.3 Å². The number of nitrogens with zero attached hydrogens (tertiary/aromatic N) is 3. The first-order chi connectivity index (χ1) is 9.92. The molecule has 0 atom stereocenters. The van der Waals surface area contributed by atoms with Crippen LogP contribution in [0, 0.1) is 32.1 Å². The number of anilines is 3. The van der Waals surface area contributed by atoms with Gasteiger partial charge in [-0.3, -0.25) is 4.98 Å². The van der Waals surface area contributed by atoms with Crippen molar-refractivity contribution in [2.75, 3.05) is 24.3 Å². The molecule has 0 spiro atoms. The molecule has 108 valence electrons. The summed E-state index contributed by atoms with van der Waals surface area (Å²) in [6.07, 6.45) is 0. The van der Waals surface area contributed by atoms with Gasteiger partial charge < -0.3 is 10.2 Å². The Morgan fingerprint density at radius 3 is 2.48 bits per heavy atom. The fourth-order valence-corrected chi connectivity index (χ4v) is 2.39. The van der Waals surface area contributed by atoms with Gasteiger partial charge in [-0.25, -0.2) is 0 Å². The summed E-state index contributed by atoms with van der Waals surface area (Å²) in [5.74, 6) is 0. The molecule has 4 heteroatoms. The van der Waals surface area contributed by atoms with E-state index in [-0.39, 0.29) is 0 Å². The van der Waals surface area contributed by atoms with Gasteiger partial charge in [0.05, 0.1) is 16.9 Å². The van der Waals surface area contributed by atoms with Crippen LogP contribution in [0.2, 0.25) is 0 Å². The Kier molecular flexibility index (Phi) is 4.13. The molecule has 4 nitrogen and oxygen atoms in total. The maximum atomic E-state index is 9.32. The van der Waals surface area contributed by atoms with E-state index in [9.17, 15) is 5.26 Å². The van der Waals surface area contributed by atoms with Crippen molar-refractivity contribution in [1.82, 2.24) is 4.98 Å². The number of aryl methyl sites for hydroxylation is 3. The van der Waals surface area contributed by atoms with Gasteiger partial charge in [0.1, 0.15) is 6.07 Å². The highest BCUT2D eigenvalue weighted by Gasteiger charge is 2.09. The Morgan fingerprint density at radius 1 is 1.14 bits per heavy atom. The lowest BCUT2D eigenvalue weighted by atomic mass is 10.1. The molecule has 0 aliphatic rings. The second kappa shape index (κ2) is 5.84. The summed E-state index contributed by atoms with van der Waals surface area (Å²) in [6.45, 7) is 5.87. The predicted octanol–water partition coefficient (Wildman–Crippen LogP) is 3.69. The van der Waals surface area contributed by atoms with E-state index >= 15 is 0 Å². The molecule has 0 saturated carbocycles. The first-order valence-corrected chi connectivity index (χ1v) is 6.85. The predicted molar refractivity (Wildman–Crippen MR) is 87.2 cm³/mol. The minimum Gasteiger partial charge on any atom is -0.377 e. The van der Waals surface area contributed by atoms with E-state index in [4.69, 9.17) is 0 Å². The van der Waals surface area contributed by atoms with Gasteiger partial charge in [-0.15, -0.1) is 0 Å². The molecule has 0 amide bonds. The van der Waals surface area contributed by atoms with Gasteiger partial charge in [-0.05, 0) is 44.5 Å². The minimum atomic E-state index is 0.590. The maximum absolute atomic E-state index is 9.32. The number of pyridine rings is 1. The molecule has 0 aliphatic heterocycles. The lowest BCUT2D eigenvalue weighted by Crippen LogP contribution is -2.10. The normalized spacial score (nSPS) is 10.1. The van der Waals surface area contributed by atoms with Gasteiger partial charge in [-0.2, -0.15) is 5.26 Å². The summed E-state index contributed by atoms with van der Waals surface area (Å²) >= 11 is 0. The van der Waals surface area contributed by atoms with Crippen molar-refractivity contribution in [3.05, 3.63) is 46.8 Å². The third-order valence-corrected chi connectivity index (χ3v) is 3.41. The van der Waals surface area contributed by atoms with Crippen molar-refractivity contribution in [3.8, 4) is 6.07 Å². The molecule has 0 saturated heterocycles. The number of benzene rings is 1. The summed E-state index contributed by atoms with van der Waals surface area (Å²) in [6, 6.07) is 10.3. The first-order valence-electron chi connectivity index (χ1n) is 6.85. The van der Waals surface area contributed by atoms with E-state index in [1.165, 1.54) is 5.56 Å². The van der Waals surface area contributed by atoms with Crippen molar-refractivity contribution >= 4 is 17.1 Å². The van der Waals surface area contributed by atoms with E-state index in [0.717, 1.165) is 28.5 Å². The van der Waals surface area contributed by atoms with Gasteiger partial charge in [0, 0.05) is 31.2 Å². The van der Waals surface area contributed by atoms with E-state index in [1.54, 1.807) is 0 Å². The first kappa shape index (κ1) is 14.9. The zero-order valence-corrected chi connectivity index (χ0v) is 13.2. The minimum absolute atomic E-state index is 0.590. The van der Waals surface area contributed by atoms with Gasteiger partial charge >= 0.3 is 0 Å². The van der Waals surface area contributed by atoms with E-state index < -0.39 is 0 Å². The van der Waals surface area contributed by atoms with Crippen LogP contribution in [0.3, 0.4) is 0 Å². The van der Waals surface area contributed by atoms with E-state index in [1.807, 2.05) is 40.1 Å². The van der Waals surface area contributed by atoms with Crippen molar-refractivity contribution in [2.24, 2.45) is 0 Å². The highest BCUT2D eigenvalue weighted by atomic mass is 15.1. The molecule has 1 heterocycles. The number of nitrogens with one attached hydrogen (secondary N) is 1. The Morgan fingerprint density at radius 2 is 1.86 bits per heavy atom. The van der Waals surface area contributed by atoms with Crippen LogP contribution in [0.5, 0.6) is 0 Å². The number of hydrogen-bond donors (Lipinski definition) is 1. The highest BCUT2D eigenvalue weighted by molar-refractivity contribution is 5.71. The van der Waals surface area contributed by atoms with Crippen molar-refractivity contribution in [1.29, 1.82) is 5.26 Å². The smallest absolute Gasteiger partial charge is 0.103 e. The average Bonchev–Trinajstić information content (AvgIpc) is 2.40. The zero-order chi connectivity index (χ0) is 15.6. The molecule has 0 aliphatic carbocycles. The molecule has 0 unspecified atom stereocenters. The Hall–Kier alpha value is -2.54. The van der Waals surface area contributed by atoms with Crippen LogP contribution in [-0.4, -0.2) is 19.1 Å². The summed E-state index contributed by atoms with van der Waals surface area (Å²) in [7, 11) is 4.04. The molecule has 0 bridgehead atoms. The summed E-state index contributed by atoms with van der Waals surface area (Å²) in [5, 5.41) is 12.7. The van der Waals surface area contributed by atoms with Gasteiger partial charge in [0.15, 0.2) is 0 Å². The van der Waals surface area contributed by atoms with Crippen molar-refractivity contribution < 1.29 is 0 Å². The molecule has 0 radical (unpaired) electrons.